The van der Waals surface area contributed by atoms with Crippen LogP contribution in [0.15, 0.2) is 30.3 Å². The molecular weight excluding hydrogens is 356 g/mol. The van der Waals surface area contributed by atoms with Gasteiger partial charge in [0, 0.05) is 24.1 Å². The predicted octanol–water partition coefficient (Wildman–Crippen LogP) is 2.51. The van der Waals surface area contributed by atoms with Crippen molar-refractivity contribution in [2.45, 2.75) is 53.5 Å². The zero-order valence-corrected chi connectivity index (χ0v) is 16.9. The number of hydrazine groups is 1. The molecule has 0 aliphatic rings. The Labute approximate surface area is 165 Å². The van der Waals surface area contributed by atoms with Crippen LogP contribution >= 0.6 is 0 Å². The van der Waals surface area contributed by atoms with Crippen molar-refractivity contribution in [1.82, 2.24) is 20.6 Å². The number of Topliss-reactive ketones (excluding diaryl/α,β-unsaturated/α-hetero) is 1. The van der Waals surface area contributed by atoms with Gasteiger partial charge < -0.3 is 0 Å². The summed E-state index contributed by atoms with van der Waals surface area (Å²) in [4.78, 5) is 36.0. The van der Waals surface area contributed by atoms with E-state index in [1.807, 2.05) is 32.0 Å². The lowest BCUT2D eigenvalue weighted by molar-refractivity contribution is -0.129. The predicted molar refractivity (Wildman–Crippen MR) is 107 cm³/mol. The van der Waals surface area contributed by atoms with Gasteiger partial charge in [0.1, 0.15) is 6.54 Å². The minimum atomic E-state index is -0.411. The first-order chi connectivity index (χ1) is 13.2. The van der Waals surface area contributed by atoms with E-state index in [4.69, 9.17) is 0 Å². The second-order valence-electron chi connectivity index (χ2n) is 7.40. The molecule has 0 saturated carbocycles. The van der Waals surface area contributed by atoms with Gasteiger partial charge in [0.15, 0.2) is 5.78 Å². The molecule has 1 aromatic carbocycles. The fraction of sp³-hybridized carbons (Fsp3) is 0.429. The number of rotatable bonds is 8. The van der Waals surface area contributed by atoms with E-state index in [0.29, 0.717) is 11.5 Å². The standard InChI is InChI=1S/C21H28N4O3/c1-14(2)11-17-5-7-18(8-6-17)19(26)9-10-20(27)22-23-21(28)13-25-16(4)12-15(3)24-25/h5-8,12,14H,9-11,13H2,1-4H3,(H,22,27)(H,23,28). The maximum absolute atomic E-state index is 12.2. The number of amides is 2. The van der Waals surface area contributed by atoms with Gasteiger partial charge in [-0.15, -0.1) is 0 Å². The van der Waals surface area contributed by atoms with Gasteiger partial charge in [-0.25, -0.2) is 0 Å². The van der Waals surface area contributed by atoms with E-state index in [1.165, 1.54) is 5.56 Å². The van der Waals surface area contributed by atoms with Crippen molar-refractivity contribution >= 4 is 17.6 Å². The van der Waals surface area contributed by atoms with Gasteiger partial charge in [-0.1, -0.05) is 38.1 Å². The second kappa shape index (κ2) is 9.82. The third-order valence-corrected chi connectivity index (χ3v) is 4.24. The molecule has 150 valence electrons. The fourth-order valence-corrected chi connectivity index (χ4v) is 2.88. The van der Waals surface area contributed by atoms with Gasteiger partial charge in [-0.05, 0) is 37.8 Å². The van der Waals surface area contributed by atoms with Crippen molar-refractivity contribution in [1.29, 1.82) is 0 Å². The topological polar surface area (TPSA) is 93.1 Å². The zero-order valence-electron chi connectivity index (χ0n) is 16.9. The van der Waals surface area contributed by atoms with E-state index in [0.717, 1.165) is 17.8 Å². The van der Waals surface area contributed by atoms with Gasteiger partial charge in [0.25, 0.3) is 5.91 Å². The monoisotopic (exact) mass is 384 g/mol. The first-order valence-corrected chi connectivity index (χ1v) is 9.45. The molecule has 7 nitrogen and oxygen atoms in total. The number of nitrogens with zero attached hydrogens (tertiary/aromatic N) is 2. The Morgan fingerprint density at radius 1 is 1.00 bits per heavy atom. The van der Waals surface area contributed by atoms with Gasteiger partial charge in [-0.3, -0.25) is 29.9 Å². The number of aromatic nitrogens is 2. The zero-order chi connectivity index (χ0) is 20.7. The maximum Gasteiger partial charge on any atom is 0.260 e. The Balaban J connectivity index is 1.73. The Bertz CT molecular complexity index is 838. The molecule has 2 rings (SSSR count). The average molecular weight is 384 g/mol. The Morgan fingerprint density at radius 2 is 1.64 bits per heavy atom. The number of nitrogens with one attached hydrogen (secondary N) is 2. The summed E-state index contributed by atoms with van der Waals surface area (Å²) in [6.45, 7) is 8.01. The smallest absolute Gasteiger partial charge is 0.260 e. The summed E-state index contributed by atoms with van der Waals surface area (Å²) in [5.74, 6) is -0.333. The van der Waals surface area contributed by atoms with Crippen LogP contribution in [0, 0.1) is 19.8 Å². The molecule has 0 atom stereocenters. The summed E-state index contributed by atoms with van der Waals surface area (Å²) in [6, 6.07) is 9.37. The third kappa shape index (κ3) is 6.64. The molecule has 0 radical (unpaired) electrons. The Hall–Kier alpha value is -2.96. The highest BCUT2D eigenvalue weighted by Crippen LogP contribution is 2.12. The Kier molecular flexibility index (Phi) is 7.49. The quantitative estimate of drug-likeness (QED) is 0.540. The molecule has 0 aliphatic heterocycles. The second-order valence-corrected chi connectivity index (χ2v) is 7.40. The van der Waals surface area contributed by atoms with E-state index in [1.54, 1.807) is 16.8 Å². The maximum atomic E-state index is 12.2. The fourth-order valence-electron chi connectivity index (χ4n) is 2.88. The molecule has 2 aromatic rings. The largest absolute Gasteiger partial charge is 0.294 e. The van der Waals surface area contributed by atoms with Crippen LogP contribution in [-0.2, 0) is 22.6 Å². The van der Waals surface area contributed by atoms with Crippen molar-refractivity contribution in [2.75, 3.05) is 0 Å². The van der Waals surface area contributed by atoms with Gasteiger partial charge in [0.05, 0.1) is 5.69 Å². The van der Waals surface area contributed by atoms with Crippen LogP contribution in [0.1, 0.15) is 54.0 Å². The summed E-state index contributed by atoms with van der Waals surface area (Å²) >= 11 is 0. The van der Waals surface area contributed by atoms with E-state index in [-0.39, 0.29) is 31.1 Å². The van der Waals surface area contributed by atoms with Gasteiger partial charge >= 0.3 is 0 Å². The normalized spacial score (nSPS) is 10.8. The molecule has 0 aliphatic carbocycles. The number of hydrogen-bond acceptors (Lipinski definition) is 4. The van der Waals surface area contributed by atoms with Crippen LogP contribution in [0.3, 0.4) is 0 Å². The van der Waals surface area contributed by atoms with Crippen LogP contribution in [0.25, 0.3) is 0 Å². The number of aryl methyl sites for hydroxylation is 2. The van der Waals surface area contributed by atoms with Crippen LogP contribution < -0.4 is 10.9 Å². The van der Waals surface area contributed by atoms with Crippen molar-refractivity contribution in [3.63, 3.8) is 0 Å². The molecule has 0 bridgehead atoms. The van der Waals surface area contributed by atoms with E-state index < -0.39 is 5.91 Å². The number of carbonyl (C=O) groups excluding carboxylic acids is 3. The Morgan fingerprint density at radius 3 is 2.21 bits per heavy atom. The highest BCUT2D eigenvalue weighted by atomic mass is 16.2. The van der Waals surface area contributed by atoms with Crippen molar-refractivity contribution in [2.24, 2.45) is 5.92 Å². The molecule has 0 saturated heterocycles. The molecule has 28 heavy (non-hydrogen) atoms. The van der Waals surface area contributed by atoms with Crippen LogP contribution in [0.5, 0.6) is 0 Å². The van der Waals surface area contributed by atoms with Crippen molar-refractivity contribution in [3.05, 3.63) is 52.8 Å². The van der Waals surface area contributed by atoms with Crippen LogP contribution in [0.2, 0.25) is 0 Å². The third-order valence-electron chi connectivity index (χ3n) is 4.24. The first kappa shape index (κ1) is 21.3. The minimum Gasteiger partial charge on any atom is -0.294 e. The average Bonchev–Trinajstić information content (AvgIpc) is 2.95. The molecule has 7 heteroatoms. The number of benzene rings is 1. The van der Waals surface area contributed by atoms with E-state index in [2.05, 4.69) is 29.8 Å². The highest BCUT2D eigenvalue weighted by Gasteiger charge is 2.11. The SMILES string of the molecule is Cc1cc(C)n(CC(=O)NNC(=O)CCC(=O)c2ccc(CC(C)C)cc2)n1. The molecule has 0 fully saturated rings. The van der Waals surface area contributed by atoms with Crippen molar-refractivity contribution < 1.29 is 14.4 Å². The van der Waals surface area contributed by atoms with Crippen LogP contribution in [0.4, 0.5) is 0 Å². The molecule has 1 aromatic heterocycles. The minimum absolute atomic E-state index is 0.00671. The first-order valence-electron chi connectivity index (χ1n) is 9.45. The summed E-state index contributed by atoms with van der Waals surface area (Å²) in [5.41, 5.74) is 8.15. The molecule has 1 heterocycles. The summed E-state index contributed by atoms with van der Waals surface area (Å²) in [5, 5.41) is 4.19. The van der Waals surface area contributed by atoms with Crippen molar-refractivity contribution in [3.8, 4) is 0 Å². The molecule has 2 N–H and O–H groups in total. The molecule has 2 amide bonds. The summed E-state index contributed by atoms with van der Waals surface area (Å²) < 4.78 is 1.56. The van der Waals surface area contributed by atoms with Gasteiger partial charge in [0.2, 0.25) is 5.91 Å². The van der Waals surface area contributed by atoms with Crippen LogP contribution in [-0.4, -0.2) is 27.4 Å². The lowest BCUT2D eigenvalue weighted by Gasteiger charge is -2.09. The summed E-state index contributed by atoms with van der Waals surface area (Å²) in [6.07, 6.45) is 1.06. The lowest BCUT2D eigenvalue weighted by atomic mass is 9.99. The molecular formula is C21H28N4O3. The lowest BCUT2D eigenvalue weighted by Crippen LogP contribution is -2.43. The van der Waals surface area contributed by atoms with E-state index >= 15 is 0 Å². The number of hydrogen-bond donors (Lipinski definition) is 2. The molecule has 0 spiro atoms. The molecule has 0 unspecified atom stereocenters. The summed E-state index contributed by atoms with van der Waals surface area (Å²) in [7, 11) is 0. The van der Waals surface area contributed by atoms with Gasteiger partial charge in [-0.2, -0.15) is 5.10 Å². The highest BCUT2D eigenvalue weighted by molar-refractivity contribution is 5.98. The number of carbonyl (C=O) groups is 3. The number of ketones is 1. The van der Waals surface area contributed by atoms with E-state index in [9.17, 15) is 14.4 Å².